The molecule has 0 saturated carbocycles. The number of fused-ring (bicyclic) bond motifs is 1. The monoisotopic (exact) mass is 454 g/mol. The van der Waals surface area contributed by atoms with E-state index in [0.717, 1.165) is 28.8 Å². The van der Waals surface area contributed by atoms with Gasteiger partial charge in [-0.1, -0.05) is 29.8 Å². The lowest BCUT2D eigenvalue weighted by Gasteiger charge is -2.30. The van der Waals surface area contributed by atoms with Gasteiger partial charge in [0.2, 0.25) is 0 Å². The molecular weight excluding hydrogens is 432 g/mol. The van der Waals surface area contributed by atoms with Crippen molar-refractivity contribution in [3.63, 3.8) is 0 Å². The van der Waals surface area contributed by atoms with Crippen molar-refractivity contribution in [3.05, 3.63) is 87.9 Å². The van der Waals surface area contributed by atoms with Gasteiger partial charge in [-0.25, -0.2) is 8.42 Å². The molecule has 1 aliphatic heterocycles. The molecular formula is C24H23ClN2O3S. The number of amides is 1. The number of carbonyl (C=O) groups excluding carboxylic acids is 1. The van der Waals surface area contributed by atoms with Gasteiger partial charge >= 0.3 is 0 Å². The summed E-state index contributed by atoms with van der Waals surface area (Å²) < 4.78 is 28.8. The zero-order chi connectivity index (χ0) is 22.2. The Morgan fingerprint density at radius 2 is 1.68 bits per heavy atom. The van der Waals surface area contributed by atoms with E-state index in [1.54, 1.807) is 47.4 Å². The van der Waals surface area contributed by atoms with Crippen molar-refractivity contribution in [2.45, 2.75) is 31.6 Å². The van der Waals surface area contributed by atoms with Crippen LogP contribution in [0.1, 0.15) is 33.5 Å². The van der Waals surface area contributed by atoms with Gasteiger partial charge in [-0.3, -0.25) is 9.52 Å². The zero-order valence-electron chi connectivity index (χ0n) is 17.4. The Labute approximate surface area is 187 Å². The molecule has 0 spiro atoms. The number of nitrogens with zero attached hydrogens (tertiary/aromatic N) is 1. The van der Waals surface area contributed by atoms with Crippen molar-refractivity contribution < 1.29 is 13.2 Å². The van der Waals surface area contributed by atoms with Crippen LogP contribution in [0.25, 0.3) is 0 Å². The molecule has 0 unspecified atom stereocenters. The van der Waals surface area contributed by atoms with Crippen molar-refractivity contribution in [1.82, 2.24) is 0 Å². The zero-order valence-corrected chi connectivity index (χ0v) is 18.9. The van der Waals surface area contributed by atoms with Gasteiger partial charge < -0.3 is 4.90 Å². The van der Waals surface area contributed by atoms with E-state index in [-0.39, 0.29) is 10.8 Å². The molecule has 0 aromatic heterocycles. The fourth-order valence-electron chi connectivity index (χ4n) is 3.87. The highest BCUT2D eigenvalue weighted by molar-refractivity contribution is 7.92. The summed E-state index contributed by atoms with van der Waals surface area (Å²) in [5, 5.41) is 0.571. The fraction of sp³-hybridized carbons (Fsp3) is 0.208. The fourth-order valence-corrected chi connectivity index (χ4v) is 5.25. The van der Waals surface area contributed by atoms with Crippen LogP contribution >= 0.6 is 11.6 Å². The molecule has 1 N–H and O–H groups in total. The first kappa shape index (κ1) is 21.4. The number of rotatable bonds is 4. The van der Waals surface area contributed by atoms with Crippen LogP contribution in [0, 0.1) is 13.8 Å². The second-order valence-corrected chi connectivity index (χ2v) is 9.85. The highest BCUT2D eigenvalue weighted by Crippen LogP contribution is 2.32. The van der Waals surface area contributed by atoms with Crippen LogP contribution in [0.3, 0.4) is 0 Å². The molecule has 3 aromatic carbocycles. The Morgan fingerprint density at radius 1 is 1.00 bits per heavy atom. The molecule has 4 rings (SSSR count). The van der Waals surface area contributed by atoms with E-state index in [1.165, 1.54) is 0 Å². The maximum Gasteiger partial charge on any atom is 0.261 e. The van der Waals surface area contributed by atoms with Gasteiger partial charge in [0.05, 0.1) is 10.6 Å². The van der Waals surface area contributed by atoms with Crippen molar-refractivity contribution in [2.24, 2.45) is 0 Å². The number of aryl methyl sites for hydroxylation is 3. The van der Waals surface area contributed by atoms with Gasteiger partial charge in [0.15, 0.2) is 0 Å². The summed E-state index contributed by atoms with van der Waals surface area (Å²) in [5.74, 6) is -0.123. The molecule has 0 atom stereocenters. The molecule has 1 amide bonds. The topological polar surface area (TPSA) is 66.5 Å². The molecule has 3 aromatic rings. The normalized spacial score (nSPS) is 13.6. The SMILES string of the molecule is Cc1cccc(C)c1NS(=O)(=O)c1ccc2c(c1)CCCN2C(=O)c1ccc(Cl)cc1. The highest BCUT2D eigenvalue weighted by atomic mass is 35.5. The second-order valence-electron chi connectivity index (χ2n) is 7.73. The summed E-state index contributed by atoms with van der Waals surface area (Å²) in [6, 6.07) is 17.4. The van der Waals surface area contributed by atoms with Crippen LogP contribution in [0.5, 0.6) is 0 Å². The average Bonchev–Trinajstić information content (AvgIpc) is 2.75. The Morgan fingerprint density at radius 3 is 2.35 bits per heavy atom. The second kappa shape index (κ2) is 8.36. The lowest BCUT2D eigenvalue weighted by Crippen LogP contribution is -2.35. The smallest absolute Gasteiger partial charge is 0.261 e. The third-order valence-corrected chi connectivity index (χ3v) is 7.13. The molecule has 1 heterocycles. The van der Waals surface area contributed by atoms with Crippen molar-refractivity contribution in [2.75, 3.05) is 16.2 Å². The third-order valence-electron chi connectivity index (χ3n) is 5.53. The van der Waals surface area contributed by atoms with Crippen LogP contribution in [0.15, 0.2) is 65.6 Å². The summed E-state index contributed by atoms with van der Waals surface area (Å²) in [6.45, 7) is 4.33. The molecule has 0 bridgehead atoms. The number of para-hydroxylation sites is 1. The maximum absolute atomic E-state index is 13.1. The lowest BCUT2D eigenvalue weighted by molar-refractivity contribution is 0.0985. The predicted molar refractivity (Wildman–Crippen MR) is 125 cm³/mol. The number of sulfonamides is 1. The molecule has 31 heavy (non-hydrogen) atoms. The van der Waals surface area contributed by atoms with Crippen LogP contribution in [-0.2, 0) is 16.4 Å². The van der Waals surface area contributed by atoms with Gasteiger partial charge in [-0.2, -0.15) is 0 Å². The van der Waals surface area contributed by atoms with Crippen LogP contribution in [0.2, 0.25) is 5.02 Å². The molecule has 160 valence electrons. The van der Waals surface area contributed by atoms with Gasteiger partial charge in [-0.15, -0.1) is 0 Å². The van der Waals surface area contributed by atoms with Crippen LogP contribution < -0.4 is 9.62 Å². The van der Waals surface area contributed by atoms with E-state index >= 15 is 0 Å². The minimum Gasteiger partial charge on any atom is -0.308 e. The Kier molecular flexibility index (Phi) is 5.77. The molecule has 5 nitrogen and oxygen atoms in total. The molecule has 0 aliphatic carbocycles. The molecule has 0 fully saturated rings. The minimum absolute atomic E-state index is 0.123. The Balaban J connectivity index is 1.65. The van der Waals surface area contributed by atoms with Crippen molar-refractivity contribution in [3.8, 4) is 0 Å². The summed E-state index contributed by atoms with van der Waals surface area (Å²) in [5.41, 5.74) is 4.46. The number of nitrogens with one attached hydrogen (secondary N) is 1. The van der Waals surface area contributed by atoms with Crippen LogP contribution in [-0.4, -0.2) is 20.9 Å². The average molecular weight is 455 g/mol. The molecule has 0 radical (unpaired) electrons. The lowest BCUT2D eigenvalue weighted by atomic mass is 10.0. The summed E-state index contributed by atoms with van der Waals surface area (Å²) in [7, 11) is -3.75. The Bertz CT molecular complexity index is 1230. The van der Waals surface area contributed by atoms with E-state index in [9.17, 15) is 13.2 Å². The summed E-state index contributed by atoms with van der Waals surface area (Å²) >= 11 is 5.93. The first-order chi connectivity index (χ1) is 14.8. The van der Waals surface area contributed by atoms with Gasteiger partial charge in [0.1, 0.15) is 0 Å². The standard InChI is InChI=1S/C24H23ClN2O3S/c1-16-5-3-6-17(2)23(16)26-31(29,30)21-12-13-22-19(15-21)7-4-14-27(22)24(28)18-8-10-20(25)11-9-18/h3,5-6,8-13,15,26H,4,7,14H2,1-2H3. The van der Waals surface area contributed by atoms with Crippen LogP contribution in [0.4, 0.5) is 11.4 Å². The largest absolute Gasteiger partial charge is 0.308 e. The number of benzene rings is 3. The first-order valence-electron chi connectivity index (χ1n) is 10.1. The van der Waals surface area contributed by atoms with Crippen molar-refractivity contribution >= 4 is 38.9 Å². The van der Waals surface area contributed by atoms with E-state index in [0.29, 0.717) is 29.2 Å². The maximum atomic E-state index is 13.1. The first-order valence-corrected chi connectivity index (χ1v) is 11.9. The minimum atomic E-state index is -3.75. The van der Waals surface area contributed by atoms with E-state index in [1.807, 2.05) is 32.0 Å². The molecule has 0 saturated heterocycles. The molecule has 7 heteroatoms. The quantitative estimate of drug-likeness (QED) is 0.577. The van der Waals surface area contributed by atoms with E-state index in [4.69, 9.17) is 11.6 Å². The number of hydrogen-bond donors (Lipinski definition) is 1. The highest BCUT2D eigenvalue weighted by Gasteiger charge is 2.26. The molecule has 1 aliphatic rings. The van der Waals surface area contributed by atoms with Gasteiger partial charge in [0, 0.05) is 22.8 Å². The van der Waals surface area contributed by atoms with Crippen molar-refractivity contribution in [1.29, 1.82) is 0 Å². The number of halogens is 1. The summed E-state index contributed by atoms with van der Waals surface area (Å²) in [6.07, 6.45) is 1.48. The third kappa shape index (κ3) is 4.31. The van der Waals surface area contributed by atoms with E-state index in [2.05, 4.69) is 4.72 Å². The van der Waals surface area contributed by atoms with Gasteiger partial charge in [-0.05, 0) is 85.8 Å². The number of anilines is 2. The number of hydrogen-bond acceptors (Lipinski definition) is 3. The number of carbonyl (C=O) groups is 1. The van der Waals surface area contributed by atoms with E-state index < -0.39 is 10.0 Å². The predicted octanol–water partition coefficient (Wildman–Crippen LogP) is 5.35. The summed E-state index contributed by atoms with van der Waals surface area (Å²) in [4.78, 5) is 14.9. The van der Waals surface area contributed by atoms with Gasteiger partial charge in [0.25, 0.3) is 15.9 Å². The Hall–Kier alpha value is -2.83.